The minimum absolute atomic E-state index is 0.0625. The summed E-state index contributed by atoms with van der Waals surface area (Å²) in [6, 6.07) is 16.5. The van der Waals surface area contributed by atoms with E-state index in [2.05, 4.69) is 5.32 Å². The van der Waals surface area contributed by atoms with Gasteiger partial charge in [-0.1, -0.05) is 68.3 Å². The lowest BCUT2D eigenvalue weighted by Gasteiger charge is -2.20. The Morgan fingerprint density at radius 3 is 2.28 bits per heavy atom. The van der Waals surface area contributed by atoms with E-state index < -0.39 is 23.9 Å². The zero-order chi connectivity index (χ0) is 30.5. The van der Waals surface area contributed by atoms with Crippen molar-refractivity contribution in [3.8, 4) is 11.1 Å². The summed E-state index contributed by atoms with van der Waals surface area (Å²) in [6.07, 6.45) is 4.84. The van der Waals surface area contributed by atoms with Gasteiger partial charge in [-0.15, -0.1) is 11.3 Å². The van der Waals surface area contributed by atoms with Gasteiger partial charge in [0.2, 0.25) is 0 Å². The van der Waals surface area contributed by atoms with Crippen molar-refractivity contribution in [1.82, 2.24) is 4.57 Å². The van der Waals surface area contributed by atoms with Crippen LogP contribution in [0.1, 0.15) is 77.2 Å². The third-order valence-corrected chi connectivity index (χ3v) is 9.07. The molecule has 1 N–H and O–H groups in total. The number of amides is 1. The fraction of sp³-hybridized carbons (Fsp3) is 0.353. The minimum atomic E-state index is -1.16. The first kappa shape index (κ1) is 30.2. The molecule has 0 bridgehead atoms. The van der Waals surface area contributed by atoms with E-state index in [-0.39, 0.29) is 24.3 Å². The number of carbonyl (C=O) groups is 3. The fourth-order valence-corrected chi connectivity index (χ4v) is 7.01. The normalized spacial score (nSPS) is 13.8. The summed E-state index contributed by atoms with van der Waals surface area (Å²) in [5.41, 5.74) is 2.38. The summed E-state index contributed by atoms with van der Waals surface area (Å²) in [5, 5.41) is 4.41. The molecule has 1 amide bonds. The molecule has 2 heterocycles. The van der Waals surface area contributed by atoms with Gasteiger partial charge in [0.05, 0.1) is 12.2 Å². The maximum atomic E-state index is 13.8. The van der Waals surface area contributed by atoms with Gasteiger partial charge < -0.3 is 19.4 Å². The fourth-order valence-electron chi connectivity index (χ4n) is 5.73. The Morgan fingerprint density at radius 2 is 1.58 bits per heavy atom. The second-order valence-electron chi connectivity index (χ2n) is 10.6. The topological polar surface area (TPSA) is 104 Å². The van der Waals surface area contributed by atoms with E-state index in [1.807, 2.05) is 36.4 Å². The number of esters is 2. The molecule has 0 aliphatic heterocycles. The molecule has 43 heavy (non-hydrogen) atoms. The van der Waals surface area contributed by atoms with Crippen LogP contribution in [0.4, 0.5) is 5.00 Å². The van der Waals surface area contributed by atoms with Gasteiger partial charge >= 0.3 is 11.9 Å². The average Bonchev–Trinajstić information content (AvgIpc) is 3.33. The molecule has 2 aromatic heterocycles. The summed E-state index contributed by atoms with van der Waals surface area (Å²) >= 11 is 1.40. The Kier molecular flexibility index (Phi) is 9.40. The van der Waals surface area contributed by atoms with Crippen LogP contribution in [-0.4, -0.2) is 35.1 Å². The van der Waals surface area contributed by atoms with Crippen molar-refractivity contribution in [1.29, 1.82) is 0 Å². The molecule has 4 aromatic rings. The van der Waals surface area contributed by atoms with Gasteiger partial charge in [0.25, 0.3) is 11.5 Å². The van der Waals surface area contributed by atoms with Crippen LogP contribution in [0.15, 0.2) is 59.4 Å². The molecule has 224 valence electrons. The summed E-state index contributed by atoms with van der Waals surface area (Å²) in [5.74, 6) is -1.78. The minimum Gasteiger partial charge on any atom is -0.462 e. The molecule has 0 radical (unpaired) electrons. The van der Waals surface area contributed by atoms with Gasteiger partial charge in [-0.05, 0) is 61.6 Å². The van der Waals surface area contributed by atoms with E-state index in [0.717, 1.165) is 54.5 Å². The van der Waals surface area contributed by atoms with Gasteiger partial charge in [0.1, 0.15) is 10.7 Å². The second kappa shape index (κ2) is 13.4. The van der Waals surface area contributed by atoms with Crippen molar-refractivity contribution in [3.63, 3.8) is 0 Å². The third kappa shape index (κ3) is 6.13. The van der Waals surface area contributed by atoms with Crippen molar-refractivity contribution in [3.05, 3.63) is 86.6 Å². The Labute approximate surface area is 254 Å². The molecule has 0 spiro atoms. The molecule has 0 saturated carbocycles. The molecule has 2 aromatic carbocycles. The van der Waals surface area contributed by atoms with Gasteiger partial charge in [-0.2, -0.15) is 0 Å². The lowest BCUT2D eigenvalue weighted by Crippen LogP contribution is -2.34. The first-order valence-electron chi connectivity index (χ1n) is 14.9. The van der Waals surface area contributed by atoms with Crippen LogP contribution in [0.3, 0.4) is 0 Å². The highest BCUT2D eigenvalue weighted by molar-refractivity contribution is 7.17. The highest BCUT2D eigenvalue weighted by Gasteiger charge is 2.31. The molecule has 5 rings (SSSR count). The smallest absolute Gasteiger partial charge is 0.356 e. The van der Waals surface area contributed by atoms with Crippen LogP contribution in [-0.2, 0) is 34.2 Å². The molecule has 8 nitrogen and oxygen atoms in total. The maximum Gasteiger partial charge on any atom is 0.356 e. The molecular formula is C34H36N2O6S. The zero-order valence-electron chi connectivity index (χ0n) is 24.7. The molecule has 1 unspecified atom stereocenters. The number of anilines is 1. The van der Waals surface area contributed by atoms with E-state index in [9.17, 15) is 19.2 Å². The van der Waals surface area contributed by atoms with Crippen molar-refractivity contribution >= 4 is 45.0 Å². The quantitative estimate of drug-likeness (QED) is 0.226. The van der Waals surface area contributed by atoms with Crippen molar-refractivity contribution in [2.45, 2.75) is 64.9 Å². The third-order valence-electron chi connectivity index (χ3n) is 7.86. The van der Waals surface area contributed by atoms with E-state index in [1.54, 1.807) is 32.0 Å². The number of benzene rings is 2. The Balaban J connectivity index is 1.49. The number of pyridine rings is 1. The highest BCUT2D eigenvalue weighted by atomic mass is 32.1. The lowest BCUT2D eigenvalue weighted by molar-refractivity contribution is -0.124. The van der Waals surface area contributed by atoms with Crippen molar-refractivity contribution in [2.24, 2.45) is 7.05 Å². The summed E-state index contributed by atoms with van der Waals surface area (Å²) in [4.78, 5) is 54.9. The summed E-state index contributed by atoms with van der Waals surface area (Å²) in [7, 11) is 1.53. The van der Waals surface area contributed by atoms with Gasteiger partial charge in [-0.25, -0.2) is 9.59 Å². The summed E-state index contributed by atoms with van der Waals surface area (Å²) < 4.78 is 12.5. The van der Waals surface area contributed by atoms with Crippen LogP contribution < -0.4 is 10.9 Å². The Morgan fingerprint density at radius 1 is 0.907 bits per heavy atom. The standard InChI is InChI=1S/C34H36N2O6S/c1-4-25(30(37)35-31-28(33(39)41-5-2)24-19-11-6-7-12-20-26(24)43-31)42-34(40)29-27(21-15-9-8-10-16-21)22-17-13-14-18-23(22)32(38)36(29)3/h8-10,13-18,25H,4-7,11-12,19-20H2,1-3H3,(H,35,37). The Hall–Kier alpha value is -4.24. The second-order valence-corrected chi connectivity index (χ2v) is 11.7. The Bertz CT molecular complexity index is 1720. The molecule has 1 atom stereocenters. The van der Waals surface area contributed by atoms with Gasteiger partial charge in [0, 0.05) is 22.9 Å². The molecular weight excluding hydrogens is 564 g/mol. The molecule has 1 aliphatic rings. The number of rotatable bonds is 8. The number of carbonyl (C=O) groups excluding carboxylic acids is 3. The van der Waals surface area contributed by atoms with Crippen LogP contribution in [0, 0.1) is 0 Å². The predicted molar refractivity (Wildman–Crippen MR) is 169 cm³/mol. The maximum absolute atomic E-state index is 13.8. The van der Waals surface area contributed by atoms with E-state index in [4.69, 9.17) is 9.47 Å². The highest BCUT2D eigenvalue weighted by Crippen LogP contribution is 2.38. The number of hydrogen-bond donors (Lipinski definition) is 1. The molecule has 0 saturated heterocycles. The van der Waals surface area contributed by atoms with Crippen LogP contribution >= 0.6 is 11.3 Å². The number of thiophene rings is 1. The number of aryl methyl sites for hydroxylation is 1. The van der Waals surface area contributed by atoms with Crippen LogP contribution in [0.5, 0.6) is 0 Å². The number of nitrogens with zero attached hydrogens (tertiary/aromatic N) is 1. The van der Waals surface area contributed by atoms with Gasteiger partial charge in [0.15, 0.2) is 6.10 Å². The van der Waals surface area contributed by atoms with E-state index in [1.165, 1.54) is 23.0 Å². The number of hydrogen-bond acceptors (Lipinski definition) is 7. The van der Waals surface area contributed by atoms with Crippen molar-refractivity contribution in [2.75, 3.05) is 11.9 Å². The predicted octanol–water partition coefficient (Wildman–Crippen LogP) is 6.68. The monoisotopic (exact) mass is 600 g/mol. The molecule has 9 heteroatoms. The first-order chi connectivity index (χ1) is 20.8. The zero-order valence-corrected chi connectivity index (χ0v) is 25.6. The van der Waals surface area contributed by atoms with E-state index in [0.29, 0.717) is 26.9 Å². The SMILES string of the molecule is CCOC(=O)c1c(NC(=O)C(CC)OC(=O)c2c(-c3ccccc3)c3ccccc3c(=O)n2C)sc2c1CCCCCC2. The largest absolute Gasteiger partial charge is 0.462 e. The average molecular weight is 601 g/mol. The number of nitrogens with one attached hydrogen (secondary N) is 1. The van der Waals surface area contributed by atoms with E-state index >= 15 is 0 Å². The number of aromatic nitrogens is 1. The van der Waals surface area contributed by atoms with Crippen molar-refractivity contribution < 1.29 is 23.9 Å². The number of fused-ring (bicyclic) bond motifs is 2. The number of ether oxygens (including phenoxy) is 2. The van der Waals surface area contributed by atoms with Gasteiger partial charge in [-0.3, -0.25) is 9.59 Å². The molecule has 1 aliphatic carbocycles. The van der Waals surface area contributed by atoms with Crippen LogP contribution in [0.25, 0.3) is 21.9 Å². The first-order valence-corrected chi connectivity index (χ1v) is 15.7. The summed E-state index contributed by atoms with van der Waals surface area (Å²) in [6.45, 7) is 3.72. The molecule has 0 fully saturated rings. The lowest BCUT2D eigenvalue weighted by atomic mass is 9.96. The van der Waals surface area contributed by atoms with Crippen LogP contribution in [0.2, 0.25) is 0 Å².